The average molecular weight is 212 g/mol. The predicted octanol–water partition coefficient (Wildman–Crippen LogP) is 0.526. The maximum absolute atomic E-state index is 12.1. The van der Waals surface area contributed by atoms with Crippen LogP contribution in [-0.4, -0.2) is 30.1 Å². The Bertz CT molecular complexity index is 312. The fraction of sp³-hybridized carbons (Fsp3) is 0.818. The van der Waals surface area contributed by atoms with Crippen LogP contribution in [0.4, 0.5) is 0 Å². The third-order valence-electron chi connectivity index (χ3n) is 4.08. The van der Waals surface area contributed by atoms with Gasteiger partial charge >= 0.3 is 5.97 Å². The fourth-order valence-electron chi connectivity index (χ4n) is 3.14. The van der Waals surface area contributed by atoms with E-state index in [-0.39, 0.29) is 17.6 Å². The summed E-state index contributed by atoms with van der Waals surface area (Å²) in [5, 5.41) is 9.73. The summed E-state index contributed by atoms with van der Waals surface area (Å²) in [6.07, 6.45) is 1.08. The summed E-state index contributed by atoms with van der Waals surface area (Å²) in [7, 11) is 1.31. The van der Waals surface area contributed by atoms with Crippen molar-refractivity contribution in [3.05, 3.63) is 0 Å². The first-order valence-corrected chi connectivity index (χ1v) is 5.35. The highest BCUT2D eigenvalue weighted by atomic mass is 16.5. The number of hydrogen-bond acceptors (Lipinski definition) is 4. The Labute approximate surface area is 88.6 Å². The summed E-state index contributed by atoms with van der Waals surface area (Å²) in [6, 6.07) is 0. The van der Waals surface area contributed by atoms with Crippen LogP contribution >= 0.6 is 0 Å². The van der Waals surface area contributed by atoms with Crippen molar-refractivity contribution in [1.29, 1.82) is 0 Å². The molecule has 1 unspecified atom stereocenters. The largest absolute Gasteiger partial charge is 0.468 e. The van der Waals surface area contributed by atoms with E-state index in [1.165, 1.54) is 7.11 Å². The molecule has 0 amide bonds. The van der Waals surface area contributed by atoms with Crippen LogP contribution in [-0.2, 0) is 14.3 Å². The number of ether oxygens (including phenoxy) is 1. The molecule has 2 saturated carbocycles. The molecule has 0 aliphatic heterocycles. The third-order valence-corrected chi connectivity index (χ3v) is 4.08. The van der Waals surface area contributed by atoms with E-state index >= 15 is 0 Å². The van der Waals surface area contributed by atoms with Gasteiger partial charge < -0.3 is 9.84 Å². The lowest BCUT2D eigenvalue weighted by Crippen LogP contribution is -2.50. The number of esters is 1. The first kappa shape index (κ1) is 10.6. The minimum absolute atomic E-state index is 0.111. The molecule has 0 aromatic rings. The number of carbonyl (C=O) groups excluding carboxylic acids is 2. The van der Waals surface area contributed by atoms with Gasteiger partial charge in [-0.2, -0.15) is 0 Å². The van der Waals surface area contributed by atoms with E-state index in [4.69, 9.17) is 4.74 Å². The number of aliphatic hydroxyl groups excluding tert-OH is 1. The molecular weight excluding hydrogens is 196 g/mol. The molecule has 4 nitrogen and oxygen atoms in total. The minimum atomic E-state index is -0.960. The summed E-state index contributed by atoms with van der Waals surface area (Å²) < 4.78 is 4.75. The van der Waals surface area contributed by atoms with Gasteiger partial charge in [-0.15, -0.1) is 0 Å². The molecule has 4 atom stereocenters. The Morgan fingerprint density at radius 2 is 2.27 bits per heavy atom. The maximum atomic E-state index is 12.1. The van der Waals surface area contributed by atoms with Crippen molar-refractivity contribution in [2.45, 2.75) is 32.3 Å². The van der Waals surface area contributed by atoms with Crippen LogP contribution in [0.2, 0.25) is 0 Å². The molecule has 0 aromatic heterocycles. The highest BCUT2D eigenvalue weighted by Gasteiger charge is 2.62. The SMILES string of the molecule is COC(=O)[C@]12CC[C@H](C1=O)C(O)C[C@H]2C. The first-order chi connectivity index (χ1) is 7.04. The molecule has 2 aliphatic rings. The third kappa shape index (κ3) is 1.17. The summed E-state index contributed by atoms with van der Waals surface area (Å²) in [5.41, 5.74) is -0.960. The van der Waals surface area contributed by atoms with Crippen LogP contribution in [0.3, 0.4) is 0 Å². The van der Waals surface area contributed by atoms with Gasteiger partial charge in [0.1, 0.15) is 5.41 Å². The van der Waals surface area contributed by atoms with E-state index in [2.05, 4.69) is 0 Å². The zero-order chi connectivity index (χ0) is 11.2. The quantitative estimate of drug-likeness (QED) is 0.508. The molecular formula is C11H16O4. The van der Waals surface area contributed by atoms with Crippen molar-refractivity contribution in [3.8, 4) is 0 Å². The van der Waals surface area contributed by atoms with E-state index in [1.807, 2.05) is 6.92 Å². The Hall–Kier alpha value is -0.900. The Kier molecular flexibility index (Phi) is 2.34. The molecule has 84 valence electrons. The average Bonchev–Trinajstić information content (AvgIpc) is 2.48. The van der Waals surface area contributed by atoms with E-state index in [0.29, 0.717) is 19.3 Å². The molecule has 0 heterocycles. The van der Waals surface area contributed by atoms with Gasteiger partial charge in [0, 0.05) is 5.92 Å². The van der Waals surface area contributed by atoms with Crippen molar-refractivity contribution < 1.29 is 19.4 Å². The molecule has 2 bridgehead atoms. The summed E-state index contributed by atoms with van der Waals surface area (Å²) in [5.74, 6) is -0.999. The van der Waals surface area contributed by atoms with Gasteiger partial charge in [-0.1, -0.05) is 6.92 Å². The molecule has 0 radical (unpaired) electrons. The summed E-state index contributed by atoms with van der Waals surface area (Å²) >= 11 is 0. The summed E-state index contributed by atoms with van der Waals surface area (Å²) in [6.45, 7) is 1.85. The van der Waals surface area contributed by atoms with Crippen LogP contribution in [0.25, 0.3) is 0 Å². The van der Waals surface area contributed by atoms with Gasteiger partial charge in [0.25, 0.3) is 0 Å². The second-order valence-electron chi connectivity index (χ2n) is 4.68. The van der Waals surface area contributed by atoms with Crippen molar-refractivity contribution in [2.75, 3.05) is 7.11 Å². The second-order valence-corrected chi connectivity index (χ2v) is 4.68. The monoisotopic (exact) mass is 212 g/mol. The highest BCUT2D eigenvalue weighted by molar-refractivity contribution is 6.07. The van der Waals surface area contributed by atoms with E-state index < -0.39 is 17.5 Å². The van der Waals surface area contributed by atoms with Crippen LogP contribution in [0, 0.1) is 17.3 Å². The lowest BCUT2D eigenvalue weighted by molar-refractivity contribution is -0.165. The maximum Gasteiger partial charge on any atom is 0.319 e. The number of aliphatic hydroxyl groups is 1. The van der Waals surface area contributed by atoms with Crippen LogP contribution in [0.5, 0.6) is 0 Å². The van der Waals surface area contributed by atoms with Crippen molar-refractivity contribution in [3.63, 3.8) is 0 Å². The molecule has 2 rings (SSSR count). The van der Waals surface area contributed by atoms with Crippen molar-refractivity contribution >= 4 is 11.8 Å². The molecule has 0 saturated heterocycles. The van der Waals surface area contributed by atoms with Crippen LogP contribution < -0.4 is 0 Å². The molecule has 0 aromatic carbocycles. The Morgan fingerprint density at radius 1 is 1.60 bits per heavy atom. The van der Waals surface area contributed by atoms with Gasteiger partial charge in [0.05, 0.1) is 13.2 Å². The standard InChI is InChI=1S/C11H16O4/c1-6-5-8(12)7-3-4-11(6,9(7)13)10(14)15-2/h6-8,12H,3-5H2,1-2H3/t6-,7+,8?,11+/m1/s1. The molecule has 4 heteroatoms. The van der Waals surface area contributed by atoms with Gasteiger partial charge in [-0.25, -0.2) is 0 Å². The lowest BCUT2D eigenvalue weighted by atomic mass is 9.66. The number of ketones is 1. The number of rotatable bonds is 1. The highest BCUT2D eigenvalue weighted by Crippen LogP contribution is 2.52. The van der Waals surface area contributed by atoms with Crippen LogP contribution in [0.15, 0.2) is 0 Å². The fourth-order valence-corrected chi connectivity index (χ4v) is 3.14. The number of fused-ring (bicyclic) bond motifs is 2. The van der Waals surface area contributed by atoms with Gasteiger partial charge in [0.15, 0.2) is 5.78 Å². The number of carbonyl (C=O) groups is 2. The van der Waals surface area contributed by atoms with Gasteiger partial charge in [0.2, 0.25) is 0 Å². The molecule has 2 fully saturated rings. The first-order valence-electron chi connectivity index (χ1n) is 5.35. The van der Waals surface area contributed by atoms with Gasteiger partial charge in [-0.3, -0.25) is 9.59 Å². The summed E-state index contributed by atoms with van der Waals surface area (Å²) in [4.78, 5) is 23.8. The normalized spacial score (nSPS) is 44.2. The van der Waals surface area contributed by atoms with E-state index in [9.17, 15) is 14.7 Å². The zero-order valence-corrected chi connectivity index (χ0v) is 9.03. The molecule has 2 aliphatic carbocycles. The van der Waals surface area contributed by atoms with E-state index in [1.54, 1.807) is 0 Å². The van der Waals surface area contributed by atoms with Crippen molar-refractivity contribution in [2.24, 2.45) is 17.3 Å². The minimum Gasteiger partial charge on any atom is -0.468 e. The molecule has 0 spiro atoms. The Balaban J connectivity index is 2.40. The van der Waals surface area contributed by atoms with Crippen molar-refractivity contribution in [1.82, 2.24) is 0 Å². The van der Waals surface area contributed by atoms with Crippen LogP contribution in [0.1, 0.15) is 26.2 Å². The van der Waals surface area contributed by atoms with E-state index in [0.717, 1.165) is 0 Å². The number of Topliss-reactive ketones (excluding diaryl/α,β-unsaturated/α-hetero) is 1. The predicted molar refractivity (Wildman–Crippen MR) is 52.0 cm³/mol. The topological polar surface area (TPSA) is 63.6 Å². The second kappa shape index (κ2) is 3.30. The zero-order valence-electron chi connectivity index (χ0n) is 9.03. The lowest BCUT2D eigenvalue weighted by Gasteiger charge is -2.37. The number of hydrogen-bond donors (Lipinski definition) is 1. The molecule has 15 heavy (non-hydrogen) atoms. The Morgan fingerprint density at radius 3 is 2.87 bits per heavy atom. The smallest absolute Gasteiger partial charge is 0.319 e. The van der Waals surface area contributed by atoms with Gasteiger partial charge in [-0.05, 0) is 25.2 Å². The number of methoxy groups -OCH3 is 1. The molecule has 1 N–H and O–H groups in total.